The first kappa shape index (κ1) is 21.0. The number of benzene rings is 2. The Bertz CT molecular complexity index is 1150. The summed E-state index contributed by atoms with van der Waals surface area (Å²) in [5.74, 6) is 2.92. The van der Waals surface area contributed by atoms with Gasteiger partial charge in [-0.3, -0.25) is 4.79 Å². The van der Waals surface area contributed by atoms with Crippen LogP contribution in [0.3, 0.4) is 0 Å². The Morgan fingerprint density at radius 3 is 2.55 bits per heavy atom. The molecule has 0 unspecified atom stereocenters. The molecule has 1 N–H and O–H groups in total. The van der Waals surface area contributed by atoms with Gasteiger partial charge >= 0.3 is 0 Å². The van der Waals surface area contributed by atoms with E-state index in [0.29, 0.717) is 11.4 Å². The van der Waals surface area contributed by atoms with E-state index in [9.17, 15) is 4.79 Å². The molecule has 0 radical (unpaired) electrons. The Hall–Kier alpha value is -3.87. The number of aromatic nitrogens is 2. The van der Waals surface area contributed by atoms with Crippen molar-refractivity contribution in [1.82, 2.24) is 10.2 Å². The van der Waals surface area contributed by atoms with Gasteiger partial charge in [-0.15, -0.1) is 10.2 Å². The quantitative estimate of drug-likeness (QED) is 0.574. The molecule has 1 fully saturated rings. The van der Waals surface area contributed by atoms with E-state index < -0.39 is 0 Å². The summed E-state index contributed by atoms with van der Waals surface area (Å²) in [5, 5.41) is 11.7. The van der Waals surface area contributed by atoms with E-state index in [1.165, 1.54) is 18.9 Å². The van der Waals surface area contributed by atoms with E-state index in [1.807, 2.05) is 54.6 Å². The number of nitrogens with zero attached hydrogens (tertiary/aromatic N) is 3. The molecule has 0 aliphatic carbocycles. The topological polar surface area (TPSA) is 76.6 Å². The van der Waals surface area contributed by atoms with Crippen LogP contribution in [0.1, 0.15) is 25.3 Å². The first-order chi connectivity index (χ1) is 16.1. The fourth-order valence-corrected chi connectivity index (χ4v) is 3.98. The van der Waals surface area contributed by atoms with Gasteiger partial charge in [-0.2, -0.15) is 0 Å². The maximum atomic E-state index is 12.3. The number of anilines is 2. The fourth-order valence-electron chi connectivity index (χ4n) is 3.98. The van der Waals surface area contributed by atoms with Crippen LogP contribution in [0.4, 0.5) is 11.5 Å². The van der Waals surface area contributed by atoms with Crippen molar-refractivity contribution < 1.29 is 14.3 Å². The largest absolute Gasteiger partial charge is 0.454 e. The van der Waals surface area contributed by atoms with Crippen molar-refractivity contribution in [3.63, 3.8) is 0 Å². The zero-order valence-electron chi connectivity index (χ0n) is 18.5. The highest BCUT2D eigenvalue weighted by Gasteiger charge is 2.17. The third kappa shape index (κ3) is 4.98. The highest BCUT2D eigenvalue weighted by Crippen LogP contribution is 2.32. The minimum absolute atomic E-state index is 0.208. The first-order valence-corrected chi connectivity index (χ1v) is 11.2. The molecular weight excluding hydrogens is 416 g/mol. The SMILES string of the molecule is CC1CCN(c2ccc(-c3ccc(NC(=O)/C=C/c4ccc5c(c4)OCO5)cc3)nn2)CC1. The van der Waals surface area contributed by atoms with Gasteiger partial charge in [0.1, 0.15) is 0 Å². The van der Waals surface area contributed by atoms with Crippen LogP contribution in [0, 0.1) is 5.92 Å². The molecule has 1 aromatic heterocycles. The Morgan fingerprint density at radius 1 is 1.00 bits per heavy atom. The predicted molar refractivity (Wildman–Crippen MR) is 128 cm³/mol. The van der Waals surface area contributed by atoms with Crippen molar-refractivity contribution in [2.75, 3.05) is 30.1 Å². The highest BCUT2D eigenvalue weighted by atomic mass is 16.7. The van der Waals surface area contributed by atoms with Crippen molar-refractivity contribution in [3.8, 4) is 22.8 Å². The van der Waals surface area contributed by atoms with Crippen molar-refractivity contribution >= 4 is 23.5 Å². The Balaban J connectivity index is 1.18. The second-order valence-corrected chi connectivity index (χ2v) is 8.46. The van der Waals surface area contributed by atoms with E-state index in [1.54, 1.807) is 6.08 Å². The Kier molecular flexibility index (Phi) is 5.93. The molecule has 2 aliphatic rings. The molecule has 3 heterocycles. The maximum absolute atomic E-state index is 12.3. The summed E-state index contributed by atoms with van der Waals surface area (Å²) < 4.78 is 10.7. The smallest absolute Gasteiger partial charge is 0.248 e. The average Bonchev–Trinajstić information content (AvgIpc) is 3.32. The summed E-state index contributed by atoms with van der Waals surface area (Å²) in [7, 11) is 0. The van der Waals surface area contributed by atoms with E-state index in [2.05, 4.69) is 27.3 Å². The van der Waals surface area contributed by atoms with Crippen LogP contribution >= 0.6 is 0 Å². The van der Waals surface area contributed by atoms with Gasteiger partial charge in [0.25, 0.3) is 0 Å². The molecule has 168 valence electrons. The number of hydrogen-bond donors (Lipinski definition) is 1. The highest BCUT2D eigenvalue weighted by molar-refractivity contribution is 6.02. The molecule has 0 saturated carbocycles. The average molecular weight is 443 g/mol. The summed E-state index contributed by atoms with van der Waals surface area (Å²) in [6.45, 7) is 4.60. The van der Waals surface area contributed by atoms with Crippen LogP contribution in [0.25, 0.3) is 17.3 Å². The lowest BCUT2D eigenvalue weighted by Crippen LogP contribution is -2.33. The number of amides is 1. The molecule has 7 heteroatoms. The van der Waals surface area contributed by atoms with Crippen LogP contribution in [-0.2, 0) is 4.79 Å². The van der Waals surface area contributed by atoms with E-state index >= 15 is 0 Å². The molecule has 1 amide bonds. The van der Waals surface area contributed by atoms with Crippen molar-refractivity contribution in [2.45, 2.75) is 19.8 Å². The van der Waals surface area contributed by atoms with E-state index in [0.717, 1.165) is 47.4 Å². The molecule has 0 spiro atoms. The number of hydrogen-bond acceptors (Lipinski definition) is 6. The van der Waals surface area contributed by atoms with Gasteiger partial charge in [0.05, 0.1) is 5.69 Å². The van der Waals surface area contributed by atoms with Gasteiger partial charge in [0.15, 0.2) is 17.3 Å². The van der Waals surface area contributed by atoms with E-state index in [4.69, 9.17) is 9.47 Å². The molecule has 7 nitrogen and oxygen atoms in total. The van der Waals surface area contributed by atoms with Crippen LogP contribution in [0.5, 0.6) is 11.5 Å². The summed E-state index contributed by atoms with van der Waals surface area (Å²) in [5.41, 5.74) is 3.34. The third-order valence-corrected chi connectivity index (χ3v) is 6.03. The van der Waals surface area contributed by atoms with Gasteiger partial charge in [0, 0.05) is 30.4 Å². The Labute approximate surface area is 193 Å². The molecular formula is C26H26N4O3. The monoisotopic (exact) mass is 442 g/mol. The van der Waals surface area contributed by atoms with Crippen LogP contribution in [-0.4, -0.2) is 36.0 Å². The molecule has 0 atom stereocenters. The minimum atomic E-state index is -0.208. The number of fused-ring (bicyclic) bond motifs is 1. The number of piperidine rings is 1. The molecule has 2 aliphatic heterocycles. The summed E-state index contributed by atoms with van der Waals surface area (Å²) >= 11 is 0. The first-order valence-electron chi connectivity index (χ1n) is 11.2. The number of rotatable bonds is 5. The fraction of sp³-hybridized carbons (Fsp3) is 0.269. The van der Waals surface area contributed by atoms with Gasteiger partial charge in [-0.1, -0.05) is 25.1 Å². The number of carbonyl (C=O) groups is 1. The van der Waals surface area contributed by atoms with Crippen LogP contribution in [0.2, 0.25) is 0 Å². The molecule has 1 saturated heterocycles. The van der Waals surface area contributed by atoms with Crippen LogP contribution in [0.15, 0.2) is 60.7 Å². The lowest BCUT2D eigenvalue weighted by molar-refractivity contribution is -0.111. The van der Waals surface area contributed by atoms with Crippen molar-refractivity contribution in [3.05, 3.63) is 66.2 Å². The number of ether oxygens (including phenoxy) is 2. The summed E-state index contributed by atoms with van der Waals surface area (Å²) in [6, 6.07) is 17.2. The minimum Gasteiger partial charge on any atom is -0.454 e. The summed E-state index contributed by atoms with van der Waals surface area (Å²) in [6.07, 6.45) is 5.63. The summed E-state index contributed by atoms with van der Waals surface area (Å²) in [4.78, 5) is 14.6. The number of nitrogens with one attached hydrogen (secondary N) is 1. The molecule has 3 aromatic rings. The van der Waals surface area contributed by atoms with Gasteiger partial charge in [-0.25, -0.2) is 0 Å². The Morgan fingerprint density at radius 2 is 1.79 bits per heavy atom. The standard InChI is InChI=1S/C26H26N4O3/c1-18-12-14-30(15-13-18)25-10-8-22(28-29-25)20-4-6-21(7-5-20)27-26(31)11-3-19-2-9-23-24(16-19)33-17-32-23/h2-11,16,18H,12-15,17H2,1H3,(H,27,31)/b11-3+. The predicted octanol–water partition coefficient (Wildman–Crippen LogP) is 4.76. The van der Waals surface area contributed by atoms with Gasteiger partial charge in [-0.05, 0) is 66.8 Å². The van der Waals surface area contributed by atoms with Gasteiger partial charge in [0.2, 0.25) is 12.7 Å². The number of carbonyl (C=O) groups excluding carboxylic acids is 1. The molecule has 5 rings (SSSR count). The van der Waals surface area contributed by atoms with Crippen molar-refractivity contribution in [1.29, 1.82) is 0 Å². The van der Waals surface area contributed by atoms with Gasteiger partial charge < -0.3 is 19.7 Å². The van der Waals surface area contributed by atoms with E-state index in [-0.39, 0.29) is 12.7 Å². The molecule has 0 bridgehead atoms. The second kappa shape index (κ2) is 9.32. The molecule has 33 heavy (non-hydrogen) atoms. The zero-order chi connectivity index (χ0) is 22.6. The zero-order valence-corrected chi connectivity index (χ0v) is 18.5. The molecule has 2 aromatic carbocycles. The van der Waals surface area contributed by atoms with Crippen LogP contribution < -0.4 is 19.7 Å². The lowest BCUT2D eigenvalue weighted by Gasteiger charge is -2.30. The second-order valence-electron chi connectivity index (χ2n) is 8.46. The lowest BCUT2D eigenvalue weighted by atomic mass is 9.99. The van der Waals surface area contributed by atoms with Crippen molar-refractivity contribution in [2.24, 2.45) is 5.92 Å². The maximum Gasteiger partial charge on any atom is 0.248 e. The normalized spacial score (nSPS) is 15.7. The third-order valence-electron chi connectivity index (χ3n) is 6.03.